The maximum Gasteiger partial charge on any atom is 0.351 e. The van der Waals surface area contributed by atoms with Gasteiger partial charge in [0.2, 0.25) is 0 Å². The Morgan fingerprint density at radius 1 is 1.22 bits per heavy atom. The van der Waals surface area contributed by atoms with Gasteiger partial charge in [-0.2, -0.15) is 0 Å². The Labute approximate surface area is 125 Å². The minimum Gasteiger partial charge on any atom is -0.465 e. The third-order valence-electron chi connectivity index (χ3n) is 2.10. The van der Waals surface area contributed by atoms with Gasteiger partial charge in [0.05, 0.1) is 15.4 Å². The van der Waals surface area contributed by atoms with Crippen LogP contribution in [0.3, 0.4) is 0 Å². The van der Waals surface area contributed by atoms with E-state index in [9.17, 15) is 4.79 Å². The Kier molecular flexibility index (Phi) is 4.42. The number of ether oxygens (including phenoxy) is 2. The van der Waals surface area contributed by atoms with Gasteiger partial charge in [0.25, 0.3) is 0 Å². The molecule has 0 saturated carbocycles. The van der Waals surface area contributed by atoms with Crippen molar-refractivity contribution in [3.63, 3.8) is 0 Å². The lowest BCUT2D eigenvalue weighted by molar-refractivity contribution is 0.0603. The summed E-state index contributed by atoms with van der Waals surface area (Å²) in [7, 11) is 1.34. The highest BCUT2D eigenvalue weighted by molar-refractivity contribution is 9.13. The van der Waals surface area contributed by atoms with Gasteiger partial charge in [-0.15, -0.1) is 11.3 Å². The highest BCUT2D eigenvalue weighted by Gasteiger charge is 2.23. The van der Waals surface area contributed by atoms with Crippen LogP contribution >= 0.6 is 43.2 Å². The minimum absolute atomic E-state index is 0.417. The first-order valence-corrected chi connectivity index (χ1v) is 7.32. The zero-order chi connectivity index (χ0) is 13.1. The summed E-state index contributed by atoms with van der Waals surface area (Å²) in [6.45, 7) is 0. The van der Waals surface area contributed by atoms with Crippen molar-refractivity contribution in [2.24, 2.45) is 0 Å². The summed E-state index contributed by atoms with van der Waals surface area (Å²) in [6, 6.07) is 9.26. The van der Waals surface area contributed by atoms with E-state index >= 15 is 0 Å². The second kappa shape index (κ2) is 5.86. The number of halogens is 2. The molecule has 0 unspecified atom stereocenters. The number of carbonyl (C=O) groups is 1. The maximum atomic E-state index is 11.7. The third kappa shape index (κ3) is 2.76. The van der Waals surface area contributed by atoms with Gasteiger partial charge in [0.15, 0.2) is 10.6 Å². The highest BCUT2D eigenvalue weighted by Crippen LogP contribution is 2.45. The summed E-state index contributed by atoms with van der Waals surface area (Å²) in [6.07, 6.45) is 0. The fourth-order valence-corrected chi connectivity index (χ4v) is 3.38. The minimum atomic E-state index is -0.419. The molecule has 0 amide bonds. The molecule has 0 aliphatic carbocycles. The van der Waals surface area contributed by atoms with Crippen LogP contribution < -0.4 is 4.74 Å². The van der Waals surface area contributed by atoms with Crippen molar-refractivity contribution in [1.29, 1.82) is 0 Å². The molecule has 0 radical (unpaired) electrons. The van der Waals surface area contributed by atoms with Crippen molar-refractivity contribution in [2.75, 3.05) is 7.11 Å². The van der Waals surface area contributed by atoms with Crippen molar-refractivity contribution in [3.8, 4) is 11.5 Å². The Hall–Kier alpha value is -0.850. The van der Waals surface area contributed by atoms with Gasteiger partial charge in [-0.25, -0.2) is 4.79 Å². The van der Waals surface area contributed by atoms with Crippen LogP contribution in [0, 0.1) is 0 Å². The first-order chi connectivity index (χ1) is 8.63. The van der Waals surface area contributed by atoms with E-state index in [1.54, 1.807) is 0 Å². The summed E-state index contributed by atoms with van der Waals surface area (Å²) in [4.78, 5) is 12.1. The first-order valence-electron chi connectivity index (χ1n) is 4.92. The van der Waals surface area contributed by atoms with Gasteiger partial charge >= 0.3 is 5.97 Å². The number of hydrogen-bond acceptors (Lipinski definition) is 4. The van der Waals surface area contributed by atoms with Crippen LogP contribution in [0.1, 0.15) is 9.67 Å². The van der Waals surface area contributed by atoms with Crippen LogP contribution in [0.4, 0.5) is 0 Å². The molecule has 0 atom stereocenters. The lowest BCUT2D eigenvalue weighted by Crippen LogP contribution is -2.00. The number of methoxy groups -OCH3 is 1. The number of esters is 1. The Bertz CT molecular complexity index is 566. The molecule has 0 saturated heterocycles. The van der Waals surface area contributed by atoms with Crippen molar-refractivity contribution >= 4 is 49.2 Å². The van der Waals surface area contributed by atoms with Crippen LogP contribution in [0.25, 0.3) is 0 Å². The van der Waals surface area contributed by atoms with Crippen molar-refractivity contribution < 1.29 is 14.3 Å². The van der Waals surface area contributed by atoms with E-state index in [-0.39, 0.29) is 0 Å². The van der Waals surface area contributed by atoms with Crippen LogP contribution in [-0.2, 0) is 4.74 Å². The lowest BCUT2D eigenvalue weighted by atomic mass is 10.3. The second-order valence-electron chi connectivity index (χ2n) is 3.25. The molecule has 0 bridgehead atoms. The Morgan fingerprint density at radius 2 is 1.89 bits per heavy atom. The molecule has 0 spiro atoms. The van der Waals surface area contributed by atoms with Crippen molar-refractivity contribution in [1.82, 2.24) is 0 Å². The SMILES string of the molecule is COC(=O)c1sc(Br)c(Br)c1Oc1ccccc1. The number of carbonyl (C=O) groups excluding carboxylic acids is 1. The van der Waals surface area contributed by atoms with E-state index in [1.807, 2.05) is 30.3 Å². The normalized spacial score (nSPS) is 10.2. The Morgan fingerprint density at radius 3 is 2.50 bits per heavy atom. The van der Waals surface area contributed by atoms with Gasteiger partial charge in [-0.05, 0) is 44.0 Å². The highest BCUT2D eigenvalue weighted by atomic mass is 79.9. The van der Waals surface area contributed by atoms with E-state index in [2.05, 4.69) is 31.9 Å². The summed E-state index contributed by atoms with van der Waals surface area (Å²) in [5.41, 5.74) is 0. The maximum absolute atomic E-state index is 11.7. The second-order valence-corrected chi connectivity index (χ2v) is 6.39. The number of thiophene rings is 1. The smallest absolute Gasteiger partial charge is 0.351 e. The fourth-order valence-electron chi connectivity index (χ4n) is 1.29. The number of para-hydroxylation sites is 1. The lowest BCUT2D eigenvalue weighted by Gasteiger charge is -2.06. The number of benzene rings is 1. The summed E-state index contributed by atoms with van der Waals surface area (Å²) < 4.78 is 11.9. The molecule has 0 N–H and O–H groups in total. The molecule has 94 valence electrons. The molecule has 1 aromatic carbocycles. The molecule has 2 rings (SSSR count). The topological polar surface area (TPSA) is 35.5 Å². The molecule has 3 nitrogen and oxygen atoms in total. The quantitative estimate of drug-likeness (QED) is 0.701. The summed E-state index contributed by atoms with van der Waals surface area (Å²) >= 11 is 8.01. The van der Waals surface area contributed by atoms with Crippen molar-refractivity contribution in [3.05, 3.63) is 43.5 Å². The van der Waals surface area contributed by atoms with Gasteiger partial charge in [0.1, 0.15) is 5.75 Å². The third-order valence-corrected chi connectivity index (χ3v) is 5.48. The first kappa shape index (κ1) is 13.6. The zero-order valence-electron chi connectivity index (χ0n) is 9.28. The number of rotatable bonds is 3. The molecule has 1 aromatic heterocycles. The molecule has 2 aromatic rings. The van der Waals surface area contributed by atoms with Crippen molar-refractivity contribution in [2.45, 2.75) is 0 Å². The van der Waals surface area contributed by atoms with Gasteiger partial charge < -0.3 is 9.47 Å². The van der Waals surface area contributed by atoms with Gasteiger partial charge in [-0.1, -0.05) is 18.2 Å². The fraction of sp³-hybridized carbons (Fsp3) is 0.0833. The predicted molar refractivity (Wildman–Crippen MR) is 77.6 cm³/mol. The zero-order valence-corrected chi connectivity index (χ0v) is 13.3. The van der Waals surface area contributed by atoms with E-state index in [1.165, 1.54) is 18.4 Å². The van der Waals surface area contributed by atoms with E-state index < -0.39 is 5.97 Å². The molecule has 18 heavy (non-hydrogen) atoms. The molecule has 0 fully saturated rings. The average Bonchev–Trinajstić information content (AvgIpc) is 2.67. The van der Waals surface area contributed by atoms with E-state index in [0.717, 1.165) is 3.79 Å². The summed E-state index contributed by atoms with van der Waals surface area (Å²) in [5.74, 6) is 0.705. The summed E-state index contributed by atoms with van der Waals surface area (Å²) in [5, 5.41) is 0. The molecular weight excluding hydrogens is 384 g/mol. The van der Waals surface area contributed by atoms with Gasteiger partial charge in [0, 0.05) is 0 Å². The molecule has 6 heteroatoms. The monoisotopic (exact) mass is 390 g/mol. The molecule has 0 aliphatic rings. The number of hydrogen-bond donors (Lipinski definition) is 0. The predicted octanol–water partition coefficient (Wildman–Crippen LogP) is 4.85. The molecular formula is C12H8Br2O3S. The van der Waals surface area contributed by atoms with Crippen LogP contribution in [0.15, 0.2) is 38.6 Å². The molecule has 0 aliphatic heterocycles. The van der Waals surface area contributed by atoms with Gasteiger partial charge in [-0.3, -0.25) is 0 Å². The average molecular weight is 392 g/mol. The largest absolute Gasteiger partial charge is 0.465 e. The van der Waals surface area contributed by atoms with Crippen LogP contribution in [0.5, 0.6) is 11.5 Å². The standard InChI is InChI=1S/C12H8Br2O3S/c1-16-12(15)10-9(8(13)11(14)18-10)17-7-5-3-2-4-6-7/h2-6H,1H3. The van der Waals surface area contributed by atoms with E-state index in [4.69, 9.17) is 9.47 Å². The Balaban J connectivity index is 2.40. The van der Waals surface area contributed by atoms with Crippen LogP contribution in [-0.4, -0.2) is 13.1 Å². The van der Waals surface area contributed by atoms with E-state index in [0.29, 0.717) is 20.8 Å². The molecule has 1 heterocycles. The van der Waals surface area contributed by atoms with Crippen LogP contribution in [0.2, 0.25) is 0 Å².